The van der Waals surface area contributed by atoms with Gasteiger partial charge in [-0.05, 0) is 43.7 Å². The Kier molecular flexibility index (Phi) is 4.18. The van der Waals surface area contributed by atoms with Crippen molar-refractivity contribution in [2.24, 2.45) is 4.99 Å². The molecule has 23 heavy (non-hydrogen) atoms. The van der Waals surface area contributed by atoms with Gasteiger partial charge in [-0.15, -0.1) is 4.73 Å². The molecule has 0 fully saturated rings. The topological polar surface area (TPSA) is 74.8 Å². The summed E-state index contributed by atoms with van der Waals surface area (Å²) >= 11 is 0. The van der Waals surface area contributed by atoms with Gasteiger partial charge in [0.15, 0.2) is 0 Å². The van der Waals surface area contributed by atoms with Gasteiger partial charge < -0.3 is 10.3 Å². The Bertz CT molecular complexity index is 822. The average Bonchev–Trinajstić information content (AvgIpc) is 2.44. The van der Waals surface area contributed by atoms with E-state index in [2.05, 4.69) is 4.99 Å². The molecular formula is C15H13F3N2O3. The fraction of sp³-hybridized carbons (Fsp3) is 0.200. The summed E-state index contributed by atoms with van der Waals surface area (Å²) in [6.45, 7) is 3.05. The highest BCUT2D eigenvalue weighted by atomic mass is 19.4. The highest BCUT2D eigenvalue weighted by molar-refractivity contribution is 6.03. The van der Waals surface area contributed by atoms with Crippen LogP contribution in [-0.4, -0.2) is 20.8 Å². The minimum Gasteiger partial charge on any atom is -0.492 e. The number of pyridine rings is 1. The number of aryl methyl sites for hydroxylation is 1. The second-order valence-electron chi connectivity index (χ2n) is 4.92. The van der Waals surface area contributed by atoms with Crippen LogP contribution >= 0.6 is 0 Å². The first-order valence-electron chi connectivity index (χ1n) is 6.49. The van der Waals surface area contributed by atoms with E-state index in [0.717, 1.165) is 18.2 Å². The summed E-state index contributed by atoms with van der Waals surface area (Å²) in [7, 11) is 0. The SMILES string of the molecule is CC(=Nc1ccc(C(F)(F)F)cc1)c1c(C)cc(=O)n(O)c1O. The third-order valence-electron chi connectivity index (χ3n) is 3.22. The first-order valence-corrected chi connectivity index (χ1v) is 6.49. The van der Waals surface area contributed by atoms with Crippen molar-refractivity contribution in [2.45, 2.75) is 20.0 Å². The normalized spacial score (nSPS) is 12.5. The van der Waals surface area contributed by atoms with Gasteiger partial charge in [-0.25, -0.2) is 0 Å². The monoisotopic (exact) mass is 326 g/mol. The summed E-state index contributed by atoms with van der Waals surface area (Å²) < 4.78 is 37.6. The lowest BCUT2D eigenvalue weighted by Gasteiger charge is -2.10. The Morgan fingerprint density at radius 1 is 1.22 bits per heavy atom. The first-order chi connectivity index (χ1) is 10.6. The van der Waals surface area contributed by atoms with Gasteiger partial charge >= 0.3 is 6.18 Å². The van der Waals surface area contributed by atoms with Crippen LogP contribution in [0.15, 0.2) is 40.1 Å². The molecule has 0 aliphatic carbocycles. The van der Waals surface area contributed by atoms with E-state index < -0.39 is 23.2 Å². The lowest BCUT2D eigenvalue weighted by molar-refractivity contribution is -0.137. The molecule has 0 atom stereocenters. The van der Waals surface area contributed by atoms with Crippen LogP contribution in [0.25, 0.3) is 0 Å². The van der Waals surface area contributed by atoms with Gasteiger partial charge in [-0.3, -0.25) is 9.79 Å². The Labute approximate surface area is 128 Å². The zero-order valence-corrected chi connectivity index (χ0v) is 12.2. The van der Waals surface area contributed by atoms with Crippen LogP contribution in [0.5, 0.6) is 5.88 Å². The summed E-state index contributed by atoms with van der Waals surface area (Å²) in [4.78, 5) is 15.4. The number of halogens is 3. The molecule has 0 spiro atoms. The van der Waals surface area contributed by atoms with Gasteiger partial charge in [-0.1, -0.05) is 0 Å². The van der Waals surface area contributed by atoms with E-state index in [1.54, 1.807) is 6.92 Å². The molecule has 0 unspecified atom stereocenters. The molecular weight excluding hydrogens is 313 g/mol. The average molecular weight is 326 g/mol. The number of hydrogen-bond acceptors (Lipinski definition) is 4. The molecule has 5 nitrogen and oxygen atoms in total. The Morgan fingerprint density at radius 2 is 1.78 bits per heavy atom. The second-order valence-corrected chi connectivity index (χ2v) is 4.92. The zero-order chi connectivity index (χ0) is 17.4. The van der Waals surface area contributed by atoms with Gasteiger partial charge in [0.1, 0.15) is 0 Å². The third kappa shape index (κ3) is 3.36. The highest BCUT2D eigenvalue weighted by Crippen LogP contribution is 2.30. The van der Waals surface area contributed by atoms with Crippen molar-refractivity contribution in [1.29, 1.82) is 0 Å². The summed E-state index contributed by atoms with van der Waals surface area (Å²) in [6, 6.07) is 5.28. The number of aliphatic imine (C=N–C) groups is 1. The van der Waals surface area contributed by atoms with E-state index in [1.807, 2.05) is 0 Å². The number of benzene rings is 1. The van der Waals surface area contributed by atoms with Crippen LogP contribution in [0.2, 0.25) is 0 Å². The maximum absolute atomic E-state index is 12.5. The minimum absolute atomic E-state index is 0.0775. The van der Waals surface area contributed by atoms with Crippen LogP contribution in [0.4, 0.5) is 18.9 Å². The van der Waals surface area contributed by atoms with E-state index in [1.165, 1.54) is 19.1 Å². The van der Waals surface area contributed by atoms with Crippen molar-refractivity contribution in [1.82, 2.24) is 4.73 Å². The summed E-state index contributed by atoms with van der Waals surface area (Å²) in [5, 5.41) is 19.3. The fourth-order valence-corrected chi connectivity index (χ4v) is 2.13. The van der Waals surface area contributed by atoms with Crippen molar-refractivity contribution in [3.05, 3.63) is 57.4 Å². The second kappa shape index (κ2) is 5.79. The lowest BCUT2D eigenvalue weighted by Crippen LogP contribution is -2.20. The molecule has 122 valence electrons. The van der Waals surface area contributed by atoms with Crippen LogP contribution < -0.4 is 5.56 Å². The van der Waals surface area contributed by atoms with Crippen molar-refractivity contribution < 1.29 is 23.5 Å². The highest BCUT2D eigenvalue weighted by Gasteiger charge is 2.29. The lowest BCUT2D eigenvalue weighted by atomic mass is 10.1. The fourth-order valence-electron chi connectivity index (χ4n) is 2.13. The maximum Gasteiger partial charge on any atom is 0.416 e. The molecule has 0 aliphatic heterocycles. The van der Waals surface area contributed by atoms with Crippen LogP contribution in [0.3, 0.4) is 0 Å². The van der Waals surface area contributed by atoms with Crippen molar-refractivity contribution in [3.8, 4) is 5.88 Å². The van der Waals surface area contributed by atoms with E-state index in [0.29, 0.717) is 5.56 Å². The summed E-state index contributed by atoms with van der Waals surface area (Å²) in [5.74, 6) is -0.678. The molecule has 0 amide bonds. The van der Waals surface area contributed by atoms with E-state index in [9.17, 15) is 28.3 Å². The van der Waals surface area contributed by atoms with E-state index in [4.69, 9.17) is 0 Å². The van der Waals surface area contributed by atoms with Gasteiger partial charge in [-0.2, -0.15) is 13.2 Å². The van der Waals surface area contributed by atoms with Crippen LogP contribution in [0, 0.1) is 6.92 Å². The summed E-state index contributed by atoms with van der Waals surface area (Å²) in [6.07, 6.45) is -4.43. The molecule has 1 aromatic heterocycles. The number of rotatable bonds is 2. The molecule has 0 bridgehead atoms. The molecule has 2 N–H and O–H groups in total. The number of aromatic hydroxyl groups is 1. The number of alkyl halides is 3. The van der Waals surface area contributed by atoms with Crippen molar-refractivity contribution in [2.75, 3.05) is 0 Å². The number of hydrogen-bond donors (Lipinski definition) is 2. The van der Waals surface area contributed by atoms with Gasteiger partial charge in [0.2, 0.25) is 5.88 Å². The smallest absolute Gasteiger partial charge is 0.416 e. The molecule has 1 aromatic carbocycles. The zero-order valence-electron chi connectivity index (χ0n) is 12.2. The number of aromatic nitrogens is 1. The molecule has 8 heteroatoms. The standard InChI is InChI=1S/C15H13F3N2O3/c1-8-7-12(21)20(23)14(22)13(8)9(2)19-11-5-3-10(4-6-11)15(16,17)18/h3-7,22-23H,1-2H3. The molecule has 2 aromatic rings. The number of nitrogens with zero attached hydrogens (tertiary/aromatic N) is 2. The summed E-state index contributed by atoms with van der Waals surface area (Å²) in [5.41, 5.74) is -0.603. The third-order valence-corrected chi connectivity index (χ3v) is 3.22. The van der Waals surface area contributed by atoms with Crippen molar-refractivity contribution in [3.63, 3.8) is 0 Å². The largest absolute Gasteiger partial charge is 0.492 e. The van der Waals surface area contributed by atoms with Gasteiger partial charge in [0.05, 0.1) is 22.5 Å². The molecule has 0 radical (unpaired) electrons. The predicted octanol–water partition coefficient (Wildman–Crippen LogP) is 3.26. The molecule has 0 aliphatic rings. The quantitative estimate of drug-likeness (QED) is 0.657. The van der Waals surface area contributed by atoms with Gasteiger partial charge in [0.25, 0.3) is 5.56 Å². The van der Waals surface area contributed by atoms with Crippen LogP contribution in [-0.2, 0) is 6.18 Å². The molecule has 0 saturated heterocycles. The minimum atomic E-state index is -4.43. The van der Waals surface area contributed by atoms with Crippen molar-refractivity contribution >= 4 is 11.4 Å². The predicted molar refractivity (Wildman–Crippen MR) is 77.6 cm³/mol. The Morgan fingerprint density at radius 3 is 2.30 bits per heavy atom. The molecule has 2 rings (SSSR count). The molecule has 1 heterocycles. The Balaban J connectivity index is 2.45. The van der Waals surface area contributed by atoms with Gasteiger partial charge in [0, 0.05) is 6.07 Å². The maximum atomic E-state index is 12.5. The van der Waals surface area contributed by atoms with E-state index in [-0.39, 0.29) is 21.7 Å². The Hall–Kier alpha value is -2.77. The van der Waals surface area contributed by atoms with Crippen LogP contribution in [0.1, 0.15) is 23.6 Å². The molecule has 0 saturated carbocycles. The van der Waals surface area contributed by atoms with E-state index >= 15 is 0 Å². The first kappa shape index (κ1) is 16.6.